The highest BCUT2D eigenvalue weighted by Gasteiger charge is 2.32. The fraction of sp³-hybridized carbons (Fsp3) is 0.412. The summed E-state index contributed by atoms with van der Waals surface area (Å²) in [4.78, 5) is 24.2. The molecule has 5 nitrogen and oxygen atoms in total. The zero-order chi connectivity index (χ0) is 16.8. The van der Waals surface area contributed by atoms with Crippen LogP contribution in [0.2, 0.25) is 0 Å². The number of amides is 2. The van der Waals surface area contributed by atoms with Crippen molar-refractivity contribution in [3.63, 3.8) is 0 Å². The SMILES string of the molecule is CCCCCOC(=O)C1=C(C)NC(=O)NC1c1ccc(Br)cc1. The van der Waals surface area contributed by atoms with Crippen molar-refractivity contribution in [1.29, 1.82) is 0 Å². The van der Waals surface area contributed by atoms with Crippen LogP contribution in [0.25, 0.3) is 0 Å². The molecular formula is C17H21BrN2O3. The first kappa shape index (κ1) is 17.5. The lowest BCUT2D eigenvalue weighted by atomic mass is 9.96. The molecular weight excluding hydrogens is 360 g/mol. The molecule has 2 amide bonds. The second kappa shape index (κ2) is 8.15. The van der Waals surface area contributed by atoms with Gasteiger partial charge in [0.2, 0.25) is 0 Å². The third-order valence-corrected chi connectivity index (χ3v) is 4.20. The lowest BCUT2D eigenvalue weighted by Gasteiger charge is -2.28. The Morgan fingerprint density at radius 2 is 1.96 bits per heavy atom. The molecule has 1 aliphatic rings. The van der Waals surface area contributed by atoms with Crippen molar-refractivity contribution in [2.75, 3.05) is 6.61 Å². The second-order valence-corrected chi connectivity index (χ2v) is 6.38. The lowest BCUT2D eigenvalue weighted by molar-refractivity contribution is -0.139. The topological polar surface area (TPSA) is 67.4 Å². The highest BCUT2D eigenvalue weighted by molar-refractivity contribution is 9.10. The van der Waals surface area contributed by atoms with Gasteiger partial charge in [0.1, 0.15) is 0 Å². The number of urea groups is 1. The molecule has 1 atom stereocenters. The minimum Gasteiger partial charge on any atom is -0.462 e. The number of carbonyl (C=O) groups is 2. The Morgan fingerprint density at radius 3 is 2.61 bits per heavy atom. The number of rotatable bonds is 6. The predicted octanol–water partition coefficient (Wildman–Crippen LogP) is 3.81. The Bertz CT molecular complexity index is 611. The van der Waals surface area contributed by atoms with Gasteiger partial charge in [-0.05, 0) is 31.0 Å². The summed E-state index contributed by atoms with van der Waals surface area (Å²) in [7, 11) is 0. The van der Waals surface area contributed by atoms with Crippen LogP contribution in [-0.2, 0) is 9.53 Å². The molecule has 0 bridgehead atoms. The summed E-state index contributed by atoms with van der Waals surface area (Å²) in [6, 6.07) is 6.68. The van der Waals surface area contributed by atoms with Crippen molar-refractivity contribution in [3.8, 4) is 0 Å². The predicted molar refractivity (Wildman–Crippen MR) is 91.7 cm³/mol. The molecule has 2 rings (SSSR count). The number of benzene rings is 1. The van der Waals surface area contributed by atoms with E-state index in [0.29, 0.717) is 17.9 Å². The molecule has 0 aromatic heterocycles. The zero-order valence-electron chi connectivity index (χ0n) is 13.3. The number of hydrogen-bond acceptors (Lipinski definition) is 3. The summed E-state index contributed by atoms with van der Waals surface area (Å²) >= 11 is 3.38. The number of esters is 1. The van der Waals surface area contributed by atoms with Gasteiger partial charge in [-0.25, -0.2) is 9.59 Å². The maximum Gasteiger partial charge on any atom is 0.338 e. The molecule has 2 N–H and O–H groups in total. The molecule has 0 saturated carbocycles. The molecule has 0 saturated heterocycles. The summed E-state index contributed by atoms with van der Waals surface area (Å²) in [6.07, 6.45) is 2.94. The number of allylic oxidation sites excluding steroid dienone is 1. The Morgan fingerprint density at radius 1 is 1.26 bits per heavy atom. The van der Waals surface area contributed by atoms with Gasteiger partial charge in [0.05, 0.1) is 18.2 Å². The third-order valence-electron chi connectivity index (χ3n) is 3.67. The largest absolute Gasteiger partial charge is 0.462 e. The lowest BCUT2D eigenvalue weighted by Crippen LogP contribution is -2.45. The van der Waals surface area contributed by atoms with Crippen LogP contribution in [0, 0.1) is 0 Å². The fourth-order valence-corrected chi connectivity index (χ4v) is 2.73. The van der Waals surface area contributed by atoms with E-state index in [1.54, 1.807) is 6.92 Å². The number of carbonyl (C=O) groups excluding carboxylic acids is 2. The maximum absolute atomic E-state index is 12.4. The van der Waals surface area contributed by atoms with Gasteiger partial charge in [0.25, 0.3) is 0 Å². The molecule has 0 spiro atoms. The first-order valence-electron chi connectivity index (χ1n) is 7.73. The zero-order valence-corrected chi connectivity index (χ0v) is 14.9. The summed E-state index contributed by atoms with van der Waals surface area (Å²) in [6.45, 7) is 4.20. The Kier molecular flexibility index (Phi) is 6.21. The van der Waals surface area contributed by atoms with Crippen LogP contribution in [-0.4, -0.2) is 18.6 Å². The summed E-state index contributed by atoms with van der Waals surface area (Å²) in [5.41, 5.74) is 1.81. The van der Waals surface area contributed by atoms with Crippen molar-refractivity contribution < 1.29 is 14.3 Å². The van der Waals surface area contributed by atoms with Gasteiger partial charge in [0.15, 0.2) is 0 Å². The molecule has 6 heteroatoms. The number of nitrogens with one attached hydrogen (secondary N) is 2. The van der Waals surface area contributed by atoms with Gasteiger partial charge in [-0.3, -0.25) is 0 Å². The molecule has 124 valence electrons. The first-order valence-corrected chi connectivity index (χ1v) is 8.53. The van der Waals surface area contributed by atoms with E-state index in [9.17, 15) is 9.59 Å². The van der Waals surface area contributed by atoms with Gasteiger partial charge >= 0.3 is 12.0 Å². The Hall–Kier alpha value is -1.82. The van der Waals surface area contributed by atoms with Gasteiger partial charge in [-0.2, -0.15) is 0 Å². The van der Waals surface area contributed by atoms with Crippen molar-refractivity contribution in [2.24, 2.45) is 0 Å². The van der Waals surface area contributed by atoms with E-state index in [2.05, 4.69) is 33.5 Å². The van der Waals surface area contributed by atoms with E-state index in [-0.39, 0.29) is 12.0 Å². The molecule has 1 heterocycles. The van der Waals surface area contributed by atoms with Crippen molar-refractivity contribution in [2.45, 2.75) is 39.2 Å². The summed E-state index contributed by atoms with van der Waals surface area (Å²) in [5.74, 6) is -0.390. The quantitative estimate of drug-likeness (QED) is 0.582. The Labute approximate surface area is 144 Å². The molecule has 0 radical (unpaired) electrons. The molecule has 0 fully saturated rings. The average molecular weight is 381 g/mol. The number of halogens is 1. The van der Waals surface area contributed by atoms with Crippen LogP contribution in [0.5, 0.6) is 0 Å². The fourth-order valence-electron chi connectivity index (χ4n) is 2.46. The van der Waals surface area contributed by atoms with E-state index in [1.165, 1.54) is 0 Å². The highest BCUT2D eigenvalue weighted by Crippen LogP contribution is 2.28. The minimum absolute atomic E-state index is 0.321. The standard InChI is InChI=1S/C17H21BrN2O3/c1-3-4-5-10-23-16(21)14-11(2)19-17(22)20-15(14)12-6-8-13(18)9-7-12/h6-9,15H,3-5,10H2,1-2H3,(H2,19,20,22). The van der Waals surface area contributed by atoms with Gasteiger partial charge in [0, 0.05) is 10.2 Å². The average Bonchev–Trinajstić information content (AvgIpc) is 2.51. The van der Waals surface area contributed by atoms with Gasteiger partial charge < -0.3 is 15.4 Å². The minimum atomic E-state index is -0.504. The van der Waals surface area contributed by atoms with Gasteiger partial charge in [-0.15, -0.1) is 0 Å². The maximum atomic E-state index is 12.4. The molecule has 1 unspecified atom stereocenters. The molecule has 23 heavy (non-hydrogen) atoms. The van der Waals surface area contributed by atoms with Crippen LogP contribution in [0.4, 0.5) is 4.79 Å². The molecule has 0 aliphatic carbocycles. The summed E-state index contributed by atoms with van der Waals surface area (Å²) < 4.78 is 6.30. The number of hydrogen-bond donors (Lipinski definition) is 2. The van der Waals surface area contributed by atoms with E-state index < -0.39 is 6.04 Å². The normalized spacial score (nSPS) is 17.5. The highest BCUT2D eigenvalue weighted by atomic mass is 79.9. The molecule has 1 aromatic rings. The molecule has 1 aliphatic heterocycles. The smallest absolute Gasteiger partial charge is 0.338 e. The summed E-state index contributed by atoms with van der Waals surface area (Å²) in [5, 5.41) is 5.43. The van der Waals surface area contributed by atoms with Gasteiger partial charge in [-0.1, -0.05) is 47.8 Å². The van der Waals surface area contributed by atoms with E-state index in [0.717, 1.165) is 29.3 Å². The number of unbranched alkanes of at least 4 members (excludes halogenated alkanes) is 2. The molecule has 1 aromatic carbocycles. The van der Waals surface area contributed by atoms with Crippen molar-refractivity contribution >= 4 is 27.9 Å². The van der Waals surface area contributed by atoms with Crippen molar-refractivity contribution in [1.82, 2.24) is 10.6 Å². The van der Waals surface area contributed by atoms with Crippen LogP contribution in [0.3, 0.4) is 0 Å². The third kappa shape index (κ3) is 4.58. The van der Waals surface area contributed by atoms with E-state index in [4.69, 9.17) is 4.74 Å². The first-order chi connectivity index (χ1) is 11.0. The van der Waals surface area contributed by atoms with E-state index >= 15 is 0 Å². The Balaban J connectivity index is 2.20. The van der Waals surface area contributed by atoms with Crippen LogP contribution >= 0.6 is 15.9 Å². The number of ether oxygens (including phenoxy) is 1. The van der Waals surface area contributed by atoms with Crippen molar-refractivity contribution in [3.05, 3.63) is 45.6 Å². The second-order valence-electron chi connectivity index (χ2n) is 5.46. The van der Waals surface area contributed by atoms with Crippen LogP contribution < -0.4 is 10.6 Å². The van der Waals surface area contributed by atoms with Crippen LogP contribution in [0.15, 0.2) is 40.0 Å². The monoisotopic (exact) mass is 380 g/mol. The van der Waals surface area contributed by atoms with E-state index in [1.807, 2.05) is 24.3 Å². The van der Waals surface area contributed by atoms with Crippen LogP contribution in [0.1, 0.15) is 44.7 Å².